The van der Waals surface area contributed by atoms with Gasteiger partial charge in [-0.25, -0.2) is 0 Å². The van der Waals surface area contributed by atoms with Crippen molar-refractivity contribution in [3.8, 4) is 0 Å². The average Bonchev–Trinajstić information content (AvgIpc) is 3.09. The van der Waals surface area contributed by atoms with E-state index in [2.05, 4.69) is 31.4 Å². The molecular weight excluding hydrogens is 358 g/mol. The Hall–Kier alpha value is -1.25. The molecule has 1 amide bonds. The Balaban J connectivity index is 1.88. The van der Waals surface area contributed by atoms with E-state index >= 15 is 0 Å². The second-order valence-corrected chi connectivity index (χ2v) is 7.52. The van der Waals surface area contributed by atoms with Crippen molar-refractivity contribution in [3.63, 3.8) is 0 Å². The van der Waals surface area contributed by atoms with Gasteiger partial charge in [-0.05, 0) is 28.9 Å². The van der Waals surface area contributed by atoms with Crippen molar-refractivity contribution in [2.45, 2.75) is 25.3 Å². The summed E-state index contributed by atoms with van der Waals surface area (Å²) in [4.78, 5) is 17.8. The van der Waals surface area contributed by atoms with Crippen LogP contribution in [0.15, 0.2) is 20.8 Å². The lowest BCUT2D eigenvalue weighted by atomic mass is 9.88. The molecule has 0 saturated carbocycles. The minimum atomic E-state index is -0.627. The predicted octanol–water partition coefficient (Wildman–Crippen LogP) is 2.64. The summed E-state index contributed by atoms with van der Waals surface area (Å²) in [5.74, 6) is 0.361. The molecule has 1 saturated heterocycles. The Labute approximate surface area is 134 Å². The Morgan fingerprint density at radius 1 is 1.48 bits per heavy atom. The molecule has 0 radical (unpaired) electrons. The Kier molecular flexibility index (Phi) is 4.10. The lowest BCUT2D eigenvalue weighted by Gasteiger charge is -2.35. The number of nitrogens with zero attached hydrogens (tertiary/aromatic N) is 2. The maximum atomic E-state index is 12.6. The van der Waals surface area contributed by atoms with E-state index < -0.39 is 5.54 Å². The molecular formula is C13H14BrN3O3S. The molecule has 6 nitrogen and oxygen atoms in total. The third-order valence-corrected chi connectivity index (χ3v) is 5.29. The summed E-state index contributed by atoms with van der Waals surface area (Å²) in [6, 6.07) is 1.87. The van der Waals surface area contributed by atoms with Crippen molar-refractivity contribution in [3.05, 3.63) is 32.5 Å². The van der Waals surface area contributed by atoms with Crippen LogP contribution in [-0.4, -0.2) is 29.3 Å². The van der Waals surface area contributed by atoms with Crippen molar-refractivity contribution in [1.82, 2.24) is 15.5 Å². The summed E-state index contributed by atoms with van der Waals surface area (Å²) in [6.07, 6.45) is 2.53. The van der Waals surface area contributed by atoms with Gasteiger partial charge in [0.25, 0.3) is 5.91 Å². The molecule has 0 atom stereocenters. The molecule has 21 heavy (non-hydrogen) atoms. The van der Waals surface area contributed by atoms with Crippen molar-refractivity contribution < 1.29 is 14.1 Å². The van der Waals surface area contributed by atoms with Gasteiger partial charge in [-0.2, -0.15) is 4.98 Å². The lowest BCUT2D eigenvalue weighted by Crippen LogP contribution is -2.50. The SMILES string of the molecule is Cc1cc(C(=O)NC2(c3ncon3)CCOCC2)c(Br)s1. The maximum Gasteiger partial charge on any atom is 0.254 e. The van der Waals surface area contributed by atoms with Gasteiger partial charge in [0.1, 0.15) is 5.54 Å². The van der Waals surface area contributed by atoms with E-state index in [1.54, 1.807) is 0 Å². The number of aromatic nitrogens is 2. The molecule has 0 unspecified atom stereocenters. The number of carbonyl (C=O) groups excluding carboxylic acids is 1. The molecule has 3 rings (SSSR count). The van der Waals surface area contributed by atoms with E-state index in [1.165, 1.54) is 17.7 Å². The number of aryl methyl sites for hydroxylation is 1. The van der Waals surface area contributed by atoms with Crippen LogP contribution in [0.2, 0.25) is 0 Å². The Morgan fingerprint density at radius 3 is 2.81 bits per heavy atom. The molecule has 1 aliphatic rings. The monoisotopic (exact) mass is 371 g/mol. The first-order chi connectivity index (χ1) is 10.1. The van der Waals surface area contributed by atoms with E-state index in [0.717, 1.165) is 8.66 Å². The minimum absolute atomic E-state index is 0.141. The fourth-order valence-corrected chi connectivity index (χ4v) is 4.21. The molecule has 1 N–H and O–H groups in total. The number of nitrogens with one attached hydrogen (secondary N) is 1. The van der Waals surface area contributed by atoms with Gasteiger partial charge in [0.2, 0.25) is 6.39 Å². The number of thiophene rings is 1. The topological polar surface area (TPSA) is 77.3 Å². The van der Waals surface area contributed by atoms with Crippen LogP contribution in [-0.2, 0) is 10.3 Å². The van der Waals surface area contributed by atoms with Gasteiger partial charge in [0.15, 0.2) is 5.82 Å². The normalized spacial score (nSPS) is 17.6. The third-order valence-electron chi connectivity index (χ3n) is 3.54. The summed E-state index contributed by atoms with van der Waals surface area (Å²) in [7, 11) is 0. The molecule has 1 aliphatic heterocycles. The number of hydrogen-bond donors (Lipinski definition) is 1. The van der Waals surface area contributed by atoms with Crippen LogP contribution in [0.4, 0.5) is 0 Å². The van der Waals surface area contributed by atoms with Gasteiger partial charge in [-0.1, -0.05) is 5.16 Å². The summed E-state index contributed by atoms with van der Waals surface area (Å²) in [5.41, 5.74) is 0.00399. The molecule has 2 aromatic heterocycles. The predicted molar refractivity (Wildman–Crippen MR) is 80.3 cm³/mol. The molecule has 2 aromatic rings. The molecule has 0 spiro atoms. The molecule has 8 heteroatoms. The number of amides is 1. The highest BCUT2D eigenvalue weighted by Gasteiger charge is 2.40. The summed E-state index contributed by atoms with van der Waals surface area (Å²) >= 11 is 4.97. The van der Waals surface area contributed by atoms with Crippen molar-refractivity contribution in [2.24, 2.45) is 0 Å². The molecule has 3 heterocycles. The van der Waals surface area contributed by atoms with Crippen LogP contribution in [0.3, 0.4) is 0 Å². The number of ether oxygens (including phenoxy) is 1. The molecule has 0 bridgehead atoms. The van der Waals surface area contributed by atoms with Crippen LogP contribution >= 0.6 is 27.3 Å². The van der Waals surface area contributed by atoms with Gasteiger partial charge < -0.3 is 14.6 Å². The first kappa shape index (κ1) is 14.7. The minimum Gasteiger partial charge on any atom is -0.381 e. The van der Waals surface area contributed by atoms with Crippen molar-refractivity contribution >= 4 is 33.2 Å². The highest BCUT2D eigenvalue weighted by Crippen LogP contribution is 2.32. The van der Waals surface area contributed by atoms with Gasteiger partial charge in [-0.3, -0.25) is 4.79 Å². The smallest absolute Gasteiger partial charge is 0.254 e. The largest absolute Gasteiger partial charge is 0.381 e. The third kappa shape index (κ3) is 2.88. The molecule has 0 aromatic carbocycles. The fourth-order valence-electron chi connectivity index (χ4n) is 2.43. The zero-order valence-corrected chi connectivity index (χ0v) is 13.8. The molecule has 0 aliphatic carbocycles. The van der Waals surface area contributed by atoms with Crippen LogP contribution in [0.25, 0.3) is 0 Å². The summed E-state index contributed by atoms with van der Waals surface area (Å²) in [5, 5.41) is 7.00. The fraction of sp³-hybridized carbons (Fsp3) is 0.462. The second kappa shape index (κ2) is 5.86. The van der Waals surface area contributed by atoms with Crippen LogP contribution in [0.1, 0.15) is 33.9 Å². The van der Waals surface area contributed by atoms with Crippen LogP contribution < -0.4 is 5.32 Å². The molecule has 1 fully saturated rings. The Morgan fingerprint density at radius 2 is 2.24 bits per heavy atom. The zero-order valence-electron chi connectivity index (χ0n) is 11.4. The van der Waals surface area contributed by atoms with E-state index in [0.29, 0.717) is 37.4 Å². The van der Waals surface area contributed by atoms with Crippen molar-refractivity contribution in [1.29, 1.82) is 0 Å². The first-order valence-corrected chi connectivity index (χ1v) is 8.15. The number of hydrogen-bond acceptors (Lipinski definition) is 6. The average molecular weight is 372 g/mol. The van der Waals surface area contributed by atoms with E-state index in [-0.39, 0.29) is 5.91 Å². The van der Waals surface area contributed by atoms with E-state index in [4.69, 9.17) is 9.26 Å². The van der Waals surface area contributed by atoms with Gasteiger partial charge in [-0.15, -0.1) is 11.3 Å². The number of carbonyl (C=O) groups is 1. The van der Waals surface area contributed by atoms with Crippen molar-refractivity contribution in [2.75, 3.05) is 13.2 Å². The Bertz CT molecular complexity index is 635. The highest BCUT2D eigenvalue weighted by atomic mass is 79.9. The van der Waals surface area contributed by atoms with Crippen LogP contribution in [0, 0.1) is 6.92 Å². The summed E-state index contributed by atoms with van der Waals surface area (Å²) < 4.78 is 11.1. The molecule has 112 valence electrons. The van der Waals surface area contributed by atoms with Gasteiger partial charge >= 0.3 is 0 Å². The number of rotatable bonds is 3. The maximum absolute atomic E-state index is 12.6. The quantitative estimate of drug-likeness (QED) is 0.896. The van der Waals surface area contributed by atoms with Crippen LogP contribution in [0.5, 0.6) is 0 Å². The standard InChI is InChI=1S/C13H14BrN3O3S/c1-8-6-9(10(14)21-8)11(18)16-13(2-4-19-5-3-13)12-15-7-20-17-12/h6-7H,2-5H2,1H3,(H,16,18). The highest BCUT2D eigenvalue weighted by molar-refractivity contribution is 9.11. The second-order valence-electron chi connectivity index (χ2n) is 4.95. The first-order valence-electron chi connectivity index (χ1n) is 6.54. The summed E-state index contributed by atoms with van der Waals surface area (Å²) in [6.45, 7) is 3.08. The lowest BCUT2D eigenvalue weighted by molar-refractivity contribution is 0.0306. The van der Waals surface area contributed by atoms with E-state index in [9.17, 15) is 4.79 Å². The van der Waals surface area contributed by atoms with E-state index in [1.807, 2.05) is 13.0 Å². The number of halogens is 1. The van der Waals surface area contributed by atoms with Gasteiger partial charge in [0, 0.05) is 30.9 Å². The zero-order chi connectivity index (χ0) is 14.9. The van der Waals surface area contributed by atoms with Gasteiger partial charge in [0.05, 0.1) is 9.35 Å².